The summed E-state index contributed by atoms with van der Waals surface area (Å²) in [6, 6.07) is 15.3. The second-order valence-corrected chi connectivity index (χ2v) is 8.99. The van der Waals surface area contributed by atoms with Crippen molar-refractivity contribution in [1.29, 1.82) is 0 Å². The lowest BCUT2D eigenvalue weighted by molar-refractivity contribution is 0.0697. The molecule has 178 valence electrons. The number of rotatable bonds is 6. The van der Waals surface area contributed by atoms with Crippen molar-refractivity contribution in [3.05, 3.63) is 60.4 Å². The number of carboxylic acid groups (broad SMARTS) is 1. The first-order valence-electron chi connectivity index (χ1n) is 11.9. The number of fused-ring (bicyclic) bond motifs is 1. The molecule has 0 unspecified atom stereocenters. The first-order valence-corrected chi connectivity index (χ1v) is 11.9. The van der Waals surface area contributed by atoms with Crippen molar-refractivity contribution < 1.29 is 14.6 Å². The number of hydrogen-bond donors (Lipinski definition) is 2. The van der Waals surface area contributed by atoms with Crippen molar-refractivity contribution in [3.8, 4) is 11.3 Å². The number of ether oxygens (including phenoxy) is 1. The molecule has 2 aromatic heterocycles. The number of aromatic nitrogens is 4. The van der Waals surface area contributed by atoms with Crippen molar-refractivity contribution >= 4 is 34.5 Å². The van der Waals surface area contributed by atoms with E-state index in [1.165, 1.54) is 19.3 Å². The normalized spacial score (nSPS) is 16.3. The predicted molar refractivity (Wildman–Crippen MR) is 133 cm³/mol. The number of nitrogens with zero attached hydrogens (tertiary/aromatic N) is 5. The number of anilines is 3. The maximum Gasteiger partial charge on any atom is 0.335 e. The number of hydrogen-bond acceptors (Lipinski definition) is 7. The Morgan fingerprint density at radius 2 is 1.83 bits per heavy atom. The molecule has 9 nitrogen and oxygen atoms in total. The SMILES string of the molecule is O=C(O)c1ccc(Nc2cc(-c3ccc4ncn(C5CCC5)c4c3)nc(N3CCOCC3)n2)cc1. The molecule has 1 aliphatic carbocycles. The average Bonchev–Trinajstić information content (AvgIpc) is 3.26. The van der Waals surface area contributed by atoms with Gasteiger partial charge in [-0.3, -0.25) is 0 Å². The van der Waals surface area contributed by atoms with E-state index in [2.05, 4.69) is 31.9 Å². The van der Waals surface area contributed by atoms with Gasteiger partial charge < -0.3 is 24.6 Å². The Hall–Kier alpha value is -3.98. The topological polar surface area (TPSA) is 105 Å². The van der Waals surface area contributed by atoms with Gasteiger partial charge in [0, 0.05) is 36.4 Å². The van der Waals surface area contributed by atoms with Crippen molar-refractivity contribution in [1.82, 2.24) is 19.5 Å². The van der Waals surface area contributed by atoms with Crippen LogP contribution in [0, 0.1) is 0 Å². The van der Waals surface area contributed by atoms with Gasteiger partial charge in [0.1, 0.15) is 5.82 Å². The fourth-order valence-electron chi connectivity index (χ4n) is 4.54. The van der Waals surface area contributed by atoms with Crippen LogP contribution in [-0.4, -0.2) is 56.9 Å². The first kappa shape index (κ1) is 21.5. The molecule has 35 heavy (non-hydrogen) atoms. The highest BCUT2D eigenvalue weighted by atomic mass is 16.5. The molecule has 0 radical (unpaired) electrons. The van der Waals surface area contributed by atoms with Crippen molar-refractivity contribution in [3.63, 3.8) is 0 Å². The fraction of sp³-hybridized carbons (Fsp3) is 0.308. The third-order valence-electron chi connectivity index (χ3n) is 6.75. The summed E-state index contributed by atoms with van der Waals surface area (Å²) in [5.41, 5.74) is 4.92. The molecule has 0 atom stereocenters. The molecule has 9 heteroatoms. The lowest BCUT2D eigenvalue weighted by Crippen LogP contribution is -2.37. The van der Waals surface area contributed by atoms with Crippen LogP contribution in [0.2, 0.25) is 0 Å². The van der Waals surface area contributed by atoms with Gasteiger partial charge in [-0.2, -0.15) is 4.98 Å². The van der Waals surface area contributed by atoms with Crippen LogP contribution >= 0.6 is 0 Å². The van der Waals surface area contributed by atoms with Crippen LogP contribution in [0.3, 0.4) is 0 Å². The fourth-order valence-corrected chi connectivity index (χ4v) is 4.54. The molecule has 2 aromatic carbocycles. The summed E-state index contributed by atoms with van der Waals surface area (Å²) in [7, 11) is 0. The smallest absolute Gasteiger partial charge is 0.335 e. The molecule has 1 aliphatic heterocycles. The zero-order valence-electron chi connectivity index (χ0n) is 19.2. The maximum absolute atomic E-state index is 11.2. The summed E-state index contributed by atoms with van der Waals surface area (Å²) < 4.78 is 7.80. The molecule has 1 saturated carbocycles. The summed E-state index contributed by atoms with van der Waals surface area (Å²) in [5.74, 6) is 0.335. The molecule has 3 heterocycles. The number of morpholine rings is 1. The average molecular weight is 471 g/mol. The third kappa shape index (κ3) is 4.30. The lowest BCUT2D eigenvalue weighted by atomic mass is 9.93. The van der Waals surface area contributed by atoms with Gasteiger partial charge in [0.2, 0.25) is 5.95 Å². The molecule has 0 spiro atoms. The van der Waals surface area contributed by atoms with Crippen LogP contribution < -0.4 is 10.2 Å². The van der Waals surface area contributed by atoms with E-state index in [1.807, 2.05) is 18.5 Å². The summed E-state index contributed by atoms with van der Waals surface area (Å²) in [4.78, 5) is 27.6. The van der Waals surface area contributed by atoms with Crippen LogP contribution in [0.4, 0.5) is 17.5 Å². The number of aromatic carboxylic acids is 1. The number of imidazole rings is 1. The molecule has 2 aliphatic rings. The summed E-state index contributed by atoms with van der Waals surface area (Å²) in [5, 5.41) is 12.5. The molecule has 2 N–H and O–H groups in total. The molecule has 6 rings (SSSR count). The third-order valence-corrected chi connectivity index (χ3v) is 6.75. The van der Waals surface area contributed by atoms with Crippen LogP contribution in [-0.2, 0) is 4.74 Å². The highest BCUT2D eigenvalue weighted by Crippen LogP contribution is 2.35. The number of carbonyl (C=O) groups is 1. The minimum Gasteiger partial charge on any atom is -0.478 e. The minimum absolute atomic E-state index is 0.240. The molecular weight excluding hydrogens is 444 g/mol. The van der Waals surface area contributed by atoms with Gasteiger partial charge in [0.15, 0.2) is 0 Å². The Morgan fingerprint density at radius 3 is 2.54 bits per heavy atom. The van der Waals surface area contributed by atoms with Gasteiger partial charge >= 0.3 is 5.97 Å². The Balaban J connectivity index is 1.38. The maximum atomic E-state index is 11.2. The largest absolute Gasteiger partial charge is 0.478 e. The van der Waals surface area contributed by atoms with E-state index >= 15 is 0 Å². The number of nitrogens with one attached hydrogen (secondary N) is 1. The van der Waals surface area contributed by atoms with Crippen LogP contribution in [0.25, 0.3) is 22.3 Å². The highest BCUT2D eigenvalue weighted by Gasteiger charge is 2.22. The second-order valence-electron chi connectivity index (χ2n) is 8.99. The molecule has 4 aromatic rings. The Bertz CT molecular complexity index is 1370. The highest BCUT2D eigenvalue weighted by molar-refractivity contribution is 5.88. The van der Waals surface area contributed by atoms with Gasteiger partial charge in [-0.05, 0) is 55.7 Å². The first-order chi connectivity index (χ1) is 17.1. The summed E-state index contributed by atoms with van der Waals surface area (Å²) in [6.07, 6.45) is 5.60. The number of benzene rings is 2. The van der Waals surface area contributed by atoms with E-state index in [0.717, 1.165) is 41.1 Å². The predicted octanol–water partition coefficient (Wildman–Crippen LogP) is 4.50. The molecule has 1 saturated heterocycles. The molecule has 0 amide bonds. The number of carboxylic acids is 1. The Morgan fingerprint density at radius 1 is 1.03 bits per heavy atom. The summed E-state index contributed by atoms with van der Waals surface area (Å²) in [6.45, 7) is 2.73. The zero-order valence-corrected chi connectivity index (χ0v) is 19.2. The molecular formula is C26H26N6O3. The van der Waals surface area contributed by atoms with Crippen LogP contribution in [0.5, 0.6) is 0 Å². The quantitative estimate of drug-likeness (QED) is 0.424. The molecule has 2 fully saturated rings. The Labute approximate surface area is 202 Å². The van der Waals surface area contributed by atoms with Crippen LogP contribution in [0.1, 0.15) is 35.7 Å². The van der Waals surface area contributed by atoms with E-state index in [9.17, 15) is 9.90 Å². The van der Waals surface area contributed by atoms with Gasteiger partial charge in [0.05, 0.1) is 41.8 Å². The minimum atomic E-state index is -0.952. The van der Waals surface area contributed by atoms with E-state index < -0.39 is 5.97 Å². The van der Waals surface area contributed by atoms with E-state index in [4.69, 9.17) is 14.7 Å². The van der Waals surface area contributed by atoms with Crippen molar-refractivity contribution in [2.24, 2.45) is 0 Å². The lowest BCUT2D eigenvalue weighted by Gasteiger charge is -2.28. The van der Waals surface area contributed by atoms with E-state index in [1.54, 1.807) is 24.3 Å². The van der Waals surface area contributed by atoms with Crippen molar-refractivity contribution in [2.75, 3.05) is 36.5 Å². The zero-order chi connectivity index (χ0) is 23.8. The van der Waals surface area contributed by atoms with Crippen molar-refractivity contribution in [2.45, 2.75) is 25.3 Å². The second kappa shape index (κ2) is 8.99. The Kier molecular flexibility index (Phi) is 5.54. The molecule has 0 bridgehead atoms. The van der Waals surface area contributed by atoms with E-state index in [0.29, 0.717) is 31.0 Å². The van der Waals surface area contributed by atoms with Gasteiger partial charge in [-0.25, -0.2) is 14.8 Å². The van der Waals surface area contributed by atoms with E-state index in [-0.39, 0.29) is 5.56 Å². The standard InChI is InChI=1S/C26H26N6O3/c33-25(34)17-4-7-19(8-5-17)28-24-15-22(29-26(30-24)31-10-12-35-13-11-31)18-6-9-21-23(14-18)32(16-27-21)20-2-1-3-20/h4-9,14-16,20H,1-3,10-13H2,(H,33,34)(H,28,29,30). The van der Waals surface area contributed by atoms with Gasteiger partial charge in [0.25, 0.3) is 0 Å². The van der Waals surface area contributed by atoms with Gasteiger partial charge in [-0.1, -0.05) is 6.07 Å². The summed E-state index contributed by atoms with van der Waals surface area (Å²) >= 11 is 0. The monoisotopic (exact) mass is 470 g/mol. The van der Waals surface area contributed by atoms with Gasteiger partial charge in [-0.15, -0.1) is 0 Å². The van der Waals surface area contributed by atoms with Crippen LogP contribution in [0.15, 0.2) is 54.9 Å².